The van der Waals surface area contributed by atoms with E-state index in [4.69, 9.17) is 11.6 Å². The molecule has 0 aliphatic heterocycles. The van der Waals surface area contributed by atoms with Gasteiger partial charge in [-0.1, -0.05) is 11.6 Å². The second kappa shape index (κ2) is 4.55. The molecule has 2 aromatic rings. The van der Waals surface area contributed by atoms with Crippen LogP contribution < -0.4 is 0 Å². The van der Waals surface area contributed by atoms with Gasteiger partial charge in [0, 0.05) is 24.3 Å². The molecule has 0 amide bonds. The fourth-order valence-corrected chi connectivity index (χ4v) is 1.89. The topological polar surface area (TPSA) is 51.6 Å². The Morgan fingerprint density at radius 2 is 1.93 bits per heavy atom. The van der Waals surface area contributed by atoms with Crippen LogP contribution in [0.5, 0.6) is 0 Å². The van der Waals surface area contributed by atoms with E-state index in [1.54, 1.807) is 18.6 Å². The molecular formula is C9H7ClN4S. The zero-order valence-electron chi connectivity index (χ0n) is 7.88. The first-order valence-electron chi connectivity index (χ1n) is 4.20. The number of halogens is 1. The van der Waals surface area contributed by atoms with Crippen molar-refractivity contribution in [3.63, 3.8) is 0 Å². The van der Waals surface area contributed by atoms with Crippen molar-refractivity contribution in [3.8, 4) is 0 Å². The van der Waals surface area contributed by atoms with Crippen LogP contribution in [0.2, 0.25) is 5.15 Å². The van der Waals surface area contributed by atoms with Gasteiger partial charge in [0.25, 0.3) is 0 Å². The molecule has 2 aromatic heterocycles. The highest BCUT2D eigenvalue weighted by molar-refractivity contribution is 7.99. The number of aryl methyl sites for hydroxylation is 1. The molecule has 0 saturated heterocycles. The molecule has 6 heteroatoms. The molecular weight excluding hydrogens is 232 g/mol. The van der Waals surface area contributed by atoms with Crippen LogP contribution in [0.1, 0.15) is 5.69 Å². The third-order valence-corrected chi connectivity index (χ3v) is 2.84. The standard InChI is InChI=1S/C9H7ClN4S/c1-6-2-3-13-9(14-6)15-8-7(10)11-4-5-12-8/h2-5H,1H3. The minimum atomic E-state index is 0.368. The van der Waals surface area contributed by atoms with Crippen molar-refractivity contribution in [1.82, 2.24) is 19.9 Å². The van der Waals surface area contributed by atoms with Crippen molar-refractivity contribution in [1.29, 1.82) is 0 Å². The minimum absolute atomic E-state index is 0.368. The fourth-order valence-electron chi connectivity index (χ4n) is 0.938. The number of aromatic nitrogens is 4. The van der Waals surface area contributed by atoms with E-state index in [0.717, 1.165) is 5.69 Å². The average Bonchev–Trinajstić information content (AvgIpc) is 2.22. The Labute approximate surface area is 96.2 Å². The molecule has 2 rings (SSSR count). The summed E-state index contributed by atoms with van der Waals surface area (Å²) >= 11 is 7.16. The van der Waals surface area contributed by atoms with Gasteiger partial charge in [0.1, 0.15) is 5.03 Å². The average molecular weight is 239 g/mol. The highest BCUT2D eigenvalue weighted by atomic mass is 35.5. The molecule has 0 aliphatic carbocycles. The van der Waals surface area contributed by atoms with Crippen LogP contribution in [-0.4, -0.2) is 19.9 Å². The molecule has 0 atom stereocenters. The molecule has 0 N–H and O–H groups in total. The summed E-state index contributed by atoms with van der Waals surface area (Å²) in [6, 6.07) is 1.84. The lowest BCUT2D eigenvalue weighted by Gasteiger charge is -2.00. The number of rotatable bonds is 2. The van der Waals surface area contributed by atoms with Gasteiger partial charge in [0.15, 0.2) is 10.3 Å². The number of nitrogens with zero attached hydrogens (tertiary/aromatic N) is 4. The third kappa shape index (κ3) is 2.64. The Morgan fingerprint density at radius 1 is 1.13 bits per heavy atom. The molecule has 0 aromatic carbocycles. The van der Waals surface area contributed by atoms with E-state index in [1.165, 1.54) is 11.8 Å². The van der Waals surface area contributed by atoms with Crippen molar-refractivity contribution < 1.29 is 0 Å². The number of hydrogen-bond donors (Lipinski definition) is 0. The molecule has 76 valence electrons. The largest absolute Gasteiger partial charge is 0.245 e. The van der Waals surface area contributed by atoms with Gasteiger partial charge < -0.3 is 0 Å². The summed E-state index contributed by atoms with van der Waals surface area (Å²) in [5.41, 5.74) is 0.910. The van der Waals surface area contributed by atoms with E-state index < -0.39 is 0 Å². The van der Waals surface area contributed by atoms with Crippen LogP contribution in [-0.2, 0) is 0 Å². The number of hydrogen-bond acceptors (Lipinski definition) is 5. The van der Waals surface area contributed by atoms with E-state index in [9.17, 15) is 0 Å². The first-order chi connectivity index (χ1) is 7.25. The summed E-state index contributed by atoms with van der Waals surface area (Å²) in [6.45, 7) is 1.91. The quantitative estimate of drug-likeness (QED) is 0.752. The van der Waals surface area contributed by atoms with Crippen LogP contribution in [0.4, 0.5) is 0 Å². The van der Waals surface area contributed by atoms with Crippen LogP contribution in [0.25, 0.3) is 0 Å². The Bertz CT molecular complexity index is 477. The molecule has 0 fully saturated rings. The SMILES string of the molecule is Cc1ccnc(Sc2nccnc2Cl)n1. The highest BCUT2D eigenvalue weighted by Crippen LogP contribution is 2.26. The monoisotopic (exact) mass is 238 g/mol. The molecule has 0 radical (unpaired) electrons. The van der Waals surface area contributed by atoms with Gasteiger partial charge in [-0.3, -0.25) is 0 Å². The third-order valence-electron chi connectivity index (χ3n) is 1.58. The van der Waals surface area contributed by atoms with E-state index in [0.29, 0.717) is 15.3 Å². The first kappa shape index (κ1) is 10.3. The maximum absolute atomic E-state index is 5.86. The predicted octanol–water partition coefficient (Wildman–Crippen LogP) is 2.38. The molecule has 4 nitrogen and oxygen atoms in total. The van der Waals surface area contributed by atoms with Crippen LogP contribution in [0.3, 0.4) is 0 Å². The molecule has 15 heavy (non-hydrogen) atoms. The lowest BCUT2D eigenvalue weighted by Crippen LogP contribution is -1.90. The Balaban J connectivity index is 2.26. The molecule has 0 saturated carbocycles. The van der Waals surface area contributed by atoms with Crippen molar-refractivity contribution >= 4 is 23.4 Å². The Morgan fingerprint density at radius 3 is 2.67 bits per heavy atom. The summed E-state index contributed by atoms with van der Waals surface area (Å²) in [6.07, 6.45) is 4.84. The molecule has 0 aliphatic rings. The van der Waals surface area contributed by atoms with Gasteiger partial charge >= 0.3 is 0 Å². The first-order valence-corrected chi connectivity index (χ1v) is 5.39. The maximum Gasteiger partial charge on any atom is 0.194 e. The van der Waals surface area contributed by atoms with Gasteiger partial charge in [0.05, 0.1) is 0 Å². The van der Waals surface area contributed by atoms with E-state index >= 15 is 0 Å². The Hall–Kier alpha value is -1.20. The van der Waals surface area contributed by atoms with Gasteiger partial charge in [0.2, 0.25) is 0 Å². The summed E-state index contributed by atoms with van der Waals surface area (Å²) in [4.78, 5) is 16.4. The Kier molecular flexibility index (Phi) is 3.13. The summed E-state index contributed by atoms with van der Waals surface area (Å²) in [7, 11) is 0. The van der Waals surface area contributed by atoms with Crippen molar-refractivity contribution in [2.75, 3.05) is 0 Å². The fraction of sp³-hybridized carbons (Fsp3) is 0.111. The van der Waals surface area contributed by atoms with Gasteiger partial charge in [-0.05, 0) is 24.8 Å². The van der Waals surface area contributed by atoms with Crippen molar-refractivity contribution in [2.45, 2.75) is 17.1 Å². The lowest BCUT2D eigenvalue weighted by atomic mass is 10.5. The normalized spacial score (nSPS) is 10.3. The zero-order valence-corrected chi connectivity index (χ0v) is 9.46. The van der Waals surface area contributed by atoms with Crippen LogP contribution in [0.15, 0.2) is 34.8 Å². The summed E-state index contributed by atoms with van der Waals surface area (Å²) in [5.74, 6) is 0. The molecule has 2 heterocycles. The smallest absolute Gasteiger partial charge is 0.194 e. The second-order valence-electron chi connectivity index (χ2n) is 2.73. The van der Waals surface area contributed by atoms with Gasteiger partial charge in [-0.2, -0.15) is 0 Å². The molecule has 0 bridgehead atoms. The summed E-state index contributed by atoms with van der Waals surface area (Å²) in [5, 5.41) is 1.61. The van der Waals surface area contributed by atoms with Crippen LogP contribution >= 0.6 is 23.4 Å². The highest BCUT2D eigenvalue weighted by Gasteiger charge is 2.06. The van der Waals surface area contributed by atoms with Crippen molar-refractivity contribution in [2.24, 2.45) is 0 Å². The molecule has 0 spiro atoms. The second-order valence-corrected chi connectivity index (χ2v) is 4.05. The zero-order chi connectivity index (χ0) is 10.7. The lowest BCUT2D eigenvalue weighted by molar-refractivity contribution is 0.925. The van der Waals surface area contributed by atoms with E-state index in [1.807, 2.05) is 13.0 Å². The predicted molar refractivity (Wildman–Crippen MR) is 57.9 cm³/mol. The van der Waals surface area contributed by atoms with Crippen LogP contribution in [0, 0.1) is 6.92 Å². The summed E-state index contributed by atoms with van der Waals surface area (Å²) < 4.78 is 0. The molecule has 0 unspecified atom stereocenters. The van der Waals surface area contributed by atoms with E-state index in [2.05, 4.69) is 19.9 Å². The van der Waals surface area contributed by atoms with Gasteiger partial charge in [-0.15, -0.1) is 0 Å². The van der Waals surface area contributed by atoms with Crippen molar-refractivity contribution in [3.05, 3.63) is 35.5 Å². The van der Waals surface area contributed by atoms with E-state index in [-0.39, 0.29) is 0 Å². The minimum Gasteiger partial charge on any atom is -0.245 e. The maximum atomic E-state index is 5.86. The van der Waals surface area contributed by atoms with Gasteiger partial charge in [-0.25, -0.2) is 19.9 Å².